The number of rotatable bonds is 10. The summed E-state index contributed by atoms with van der Waals surface area (Å²) in [6, 6.07) is 24.2. The molecule has 2 aliphatic rings. The second-order valence-electron chi connectivity index (χ2n) is 11.9. The zero-order chi connectivity index (χ0) is 30.6. The minimum atomic E-state index is -0.963. The Bertz CT molecular complexity index is 1470. The Hall–Kier alpha value is -4.46. The number of ether oxygens (including phenoxy) is 1. The first kappa shape index (κ1) is 30.0. The highest BCUT2D eigenvalue weighted by Crippen LogP contribution is 2.48. The van der Waals surface area contributed by atoms with Gasteiger partial charge in [-0.15, -0.1) is 0 Å². The molecule has 1 saturated carbocycles. The lowest BCUT2D eigenvalue weighted by molar-refractivity contribution is -0.137. The number of carboxylic acids is 1. The van der Waals surface area contributed by atoms with E-state index in [2.05, 4.69) is 26.1 Å². The van der Waals surface area contributed by atoms with Crippen LogP contribution in [0.25, 0.3) is 0 Å². The first-order valence-corrected chi connectivity index (χ1v) is 15.1. The molecule has 2 unspecified atom stereocenters. The summed E-state index contributed by atoms with van der Waals surface area (Å²) < 4.78 is 5.96. The van der Waals surface area contributed by atoms with Gasteiger partial charge in [0, 0.05) is 17.7 Å². The molecule has 8 heteroatoms. The van der Waals surface area contributed by atoms with Gasteiger partial charge in [0.1, 0.15) is 22.9 Å². The van der Waals surface area contributed by atoms with Crippen LogP contribution in [-0.2, 0) is 9.59 Å². The summed E-state index contributed by atoms with van der Waals surface area (Å²) in [6.45, 7) is 6.61. The summed E-state index contributed by atoms with van der Waals surface area (Å²) in [7, 11) is 0. The van der Waals surface area contributed by atoms with Crippen molar-refractivity contribution < 1.29 is 24.2 Å². The summed E-state index contributed by atoms with van der Waals surface area (Å²) in [6.07, 6.45) is 3.24. The van der Waals surface area contributed by atoms with Crippen molar-refractivity contribution in [1.82, 2.24) is 10.2 Å². The SMILES string of the molecule is CC[C@H](c1ccc(C(=O)NCCC(=O)O)cc1)N1C(=O)C(c2ccc(Oc3ccccc3)cc2)=NC12CC(C)CC(C)C2. The minimum Gasteiger partial charge on any atom is -0.481 e. The summed E-state index contributed by atoms with van der Waals surface area (Å²) in [4.78, 5) is 44.9. The molecule has 224 valence electrons. The molecule has 1 aliphatic heterocycles. The van der Waals surface area contributed by atoms with Crippen LogP contribution in [0.15, 0.2) is 83.9 Å². The van der Waals surface area contributed by atoms with E-state index in [-0.39, 0.29) is 30.8 Å². The van der Waals surface area contributed by atoms with Gasteiger partial charge in [0.25, 0.3) is 11.8 Å². The van der Waals surface area contributed by atoms with Crippen LogP contribution in [0.2, 0.25) is 0 Å². The second kappa shape index (κ2) is 12.8. The summed E-state index contributed by atoms with van der Waals surface area (Å²) in [5, 5.41) is 11.5. The third kappa shape index (κ3) is 6.63. The molecule has 2 N–H and O–H groups in total. The van der Waals surface area contributed by atoms with Crippen LogP contribution >= 0.6 is 0 Å². The fraction of sp³-hybridized carbons (Fsp3) is 0.371. The van der Waals surface area contributed by atoms with Crippen molar-refractivity contribution in [3.63, 3.8) is 0 Å². The fourth-order valence-corrected chi connectivity index (χ4v) is 6.69. The van der Waals surface area contributed by atoms with Gasteiger partial charge in [0.05, 0.1) is 12.5 Å². The van der Waals surface area contributed by atoms with Gasteiger partial charge in [0.2, 0.25) is 0 Å². The highest BCUT2D eigenvalue weighted by molar-refractivity contribution is 6.46. The van der Waals surface area contributed by atoms with Crippen LogP contribution in [-0.4, -0.2) is 45.7 Å². The van der Waals surface area contributed by atoms with E-state index in [1.807, 2.05) is 71.6 Å². The van der Waals surface area contributed by atoms with Crippen molar-refractivity contribution in [2.24, 2.45) is 16.8 Å². The Labute approximate surface area is 252 Å². The van der Waals surface area contributed by atoms with Gasteiger partial charge in [-0.25, -0.2) is 0 Å². The number of nitrogens with one attached hydrogen (secondary N) is 1. The maximum absolute atomic E-state index is 14.3. The first-order valence-electron chi connectivity index (χ1n) is 15.1. The highest BCUT2D eigenvalue weighted by Gasteiger charge is 2.52. The number of para-hydroxylation sites is 1. The predicted octanol–water partition coefficient (Wildman–Crippen LogP) is 6.62. The third-order valence-corrected chi connectivity index (χ3v) is 8.33. The van der Waals surface area contributed by atoms with E-state index in [9.17, 15) is 14.4 Å². The van der Waals surface area contributed by atoms with Gasteiger partial charge in [-0.1, -0.05) is 51.1 Å². The van der Waals surface area contributed by atoms with Crippen LogP contribution in [0.1, 0.15) is 80.4 Å². The lowest BCUT2D eigenvalue weighted by Crippen LogP contribution is -2.52. The van der Waals surface area contributed by atoms with E-state index in [0.717, 1.165) is 36.1 Å². The normalized spacial score (nSPS) is 22.3. The second-order valence-corrected chi connectivity index (χ2v) is 11.9. The zero-order valence-electron chi connectivity index (χ0n) is 25.0. The van der Waals surface area contributed by atoms with Crippen LogP contribution in [0.5, 0.6) is 11.5 Å². The van der Waals surface area contributed by atoms with Gasteiger partial charge in [-0.3, -0.25) is 19.4 Å². The molecular formula is C35H39N3O5. The van der Waals surface area contributed by atoms with Crippen LogP contribution in [0.4, 0.5) is 0 Å². The smallest absolute Gasteiger partial charge is 0.305 e. The number of nitrogens with zero attached hydrogens (tertiary/aromatic N) is 2. The summed E-state index contributed by atoms with van der Waals surface area (Å²) in [5.74, 6) is 0.891. The van der Waals surface area contributed by atoms with Crippen molar-refractivity contribution in [2.45, 2.75) is 64.6 Å². The number of aliphatic carboxylic acids is 1. The average molecular weight is 582 g/mol. The van der Waals surface area contributed by atoms with Gasteiger partial charge in [-0.05, 0) is 91.6 Å². The quantitative estimate of drug-likeness (QED) is 0.280. The molecule has 1 spiro atoms. The Morgan fingerprint density at radius 1 is 0.977 bits per heavy atom. The average Bonchev–Trinajstić information content (AvgIpc) is 3.24. The van der Waals surface area contributed by atoms with Crippen LogP contribution in [0, 0.1) is 11.8 Å². The molecule has 2 amide bonds. The molecule has 0 saturated heterocycles. The number of carboxylic acid groups (broad SMARTS) is 1. The minimum absolute atomic E-state index is 0.0636. The van der Waals surface area contributed by atoms with E-state index in [4.69, 9.17) is 14.8 Å². The lowest BCUT2D eigenvalue weighted by atomic mass is 9.75. The molecule has 1 aliphatic carbocycles. The number of hydrogen-bond acceptors (Lipinski definition) is 5. The van der Waals surface area contributed by atoms with Gasteiger partial charge >= 0.3 is 5.97 Å². The van der Waals surface area contributed by atoms with Crippen LogP contribution in [0.3, 0.4) is 0 Å². The van der Waals surface area contributed by atoms with Crippen molar-refractivity contribution in [2.75, 3.05) is 6.54 Å². The molecule has 0 aromatic heterocycles. The lowest BCUT2D eigenvalue weighted by Gasteiger charge is -2.47. The molecule has 3 aromatic rings. The van der Waals surface area contributed by atoms with E-state index in [1.165, 1.54) is 0 Å². The molecule has 5 rings (SSSR count). The Balaban J connectivity index is 1.42. The standard InChI is InChI=1S/C35H39N3O5/c1-4-30(25-10-12-27(13-11-25)33(41)36-19-18-31(39)40)38-34(42)32(37-35(38)21-23(2)20-24(3)22-35)26-14-16-29(17-15-26)43-28-8-6-5-7-9-28/h5-17,23-24,30H,4,18-22H2,1-3H3,(H,36,41)(H,39,40)/t23?,24?,30-,35?/m1/s1. The maximum Gasteiger partial charge on any atom is 0.305 e. The monoisotopic (exact) mass is 581 g/mol. The summed E-state index contributed by atoms with van der Waals surface area (Å²) >= 11 is 0. The van der Waals surface area contributed by atoms with E-state index in [1.54, 1.807) is 12.1 Å². The van der Waals surface area contributed by atoms with E-state index in [0.29, 0.717) is 35.3 Å². The van der Waals surface area contributed by atoms with Crippen LogP contribution < -0.4 is 10.1 Å². The molecule has 43 heavy (non-hydrogen) atoms. The molecule has 0 radical (unpaired) electrons. The molecule has 1 fully saturated rings. The number of hydrogen-bond donors (Lipinski definition) is 2. The molecule has 8 nitrogen and oxygen atoms in total. The number of aliphatic imine (C=N–C) groups is 1. The molecule has 3 aromatic carbocycles. The highest BCUT2D eigenvalue weighted by atomic mass is 16.5. The third-order valence-electron chi connectivity index (χ3n) is 8.33. The molecule has 3 atom stereocenters. The number of benzene rings is 3. The molecule has 1 heterocycles. The van der Waals surface area contributed by atoms with Crippen molar-refractivity contribution in [3.8, 4) is 11.5 Å². The Kier molecular flexibility index (Phi) is 8.94. The fourth-order valence-electron chi connectivity index (χ4n) is 6.69. The number of amides is 2. The van der Waals surface area contributed by atoms with Crippen molar-refractivity contribution in [3.05, 3.63) is 95.6 Å². The van der Waals surface area contributed by atoms with Crippen molar-refractivity contribution >= 4 is 23.5 Å². The van der Waals surface area contributed by atoms with Gasteiger partial charge < -0.3 is 20.1 Å². The van der Waals surface area contributed by atoms with Crippen molar-refractivity contribution in [1.29, 1.82) is 0 Å². The van der Waals surface area contributed by atoms with Gasteiger partial charge in [0.15, 0.2) is 0 Å². The van der Waals surface area contributed by atoms with Gasteiger partial charge in [-0.2, -0.15) is 0 Å². The topological polar surface area (TPSA) is 108 Å². The zero-order valence-corrected chi connectivity index (χ0v) is 25.0. The maximum atomic E-state index is 14.3. The first-order chi connectivity index (χ1) is 20.7. The molecular weight excluding hydrogens is 542 g/mol. The number of carbonyl (C=O) groups is 3. The van der Waals surface area contributed by atoms with E-state index < -0.39 is 11.6 Å². The molecule has 0 bridgehead atoms. The number of carbonyl (C=O) groups excluding carboxylic acids is 2. The Morgan fingerprint density at radius 2 is 1.60 bits per heavy atom. The largest absolute Gasteiger partial charge is 0.481 e. The van der Waals surface area contributed by atoms with E-state index >= 15 is 0 Å². The predicted molar refractivity (Wildman–Crippen MR) is 165 cm³/mol. The summed E-state index contributed by atoms with van der Waals surface area (Å²) in [5.41, 5.74) is 1.98. The Morgan fingerprint density at radius 3 is 2.21 bits per heavy atom.